The molecule has 7 heteroatoms. The third kappa shape index (κ3) is 5.22. The molecule has 1 rings (SSSR count). The predicted molar refractivity (Wildman–Crippen MR) is 83.2 cm³/mol. The van der Waals surface area contributed by atoms with Gasteiger partial charge in [0, 0.05) is 24.1 Å². The van der Waals surface area contributed by atoms with Gasteiger partial charge in [0.05, 0.1) is 11.8 Å². The fourth-order valence-corrected chi connectivity index (χ4v) is 3.15. The molecule has 0 aromatic heterocycles. The molecule has 0 aliphatic rings. The number of hydrogen-bond donors (Lipinski definition) is 1. The first-order valence-corrected chi connectivity index (χ1v) is 8.98. The molecule has 0 unspecified atom stereocenters. The maximum Gasteiger partial charge on any atom is 0.252 e. The second kappa shape index (κ2) is 7.75. The van der Waals surface area contributed by atoms with Crippen LogP contribution in [0.15, 0.2) is 28.7 Å². The van der Waals surface area contributed by atoms with Crippen molar-refractivity contribution in [2.75, 3.05) is 25.9 Å². The van der Waals surface area contributed by atoms with E-state index in [4.69, 9.17) is 0 Å². The molecule has 0 spiro atoms. The summed E-state index contributed by atoms with van der Waals surface area (Å²) in [7, 11) is -3.16. The number of carbonyl (C=O) groups is 1. The highest BCUT2D eigenvalue weighted by Crippen LogP contribution is 2.15. The zero-order chi connectivity index (χ0) is 15.2. The van der Waals surface area contributed by atoms with E-state index in [-0.39, 0.29) is 5.91 Å². The lowest BCUT2D eigenvalue weighted by Crippen LogP contribution is -2.33. The normalized spacial score (nSPS) is 11.6. The monoisotopic (exact) mass is 362 g/mol. The Bertz CT molecular complexity index is 560. The van der Waals surface area contributed by atoms with Crippen molar-refractivity contribution in [2.45, 2.75) is 13.3 Å². The molecule has 112 valence electrons. The topological polar surface area (TPSA) is 66.5 Å². The second-order valence-electron chi connectivity index (χ2n) is 4.34. The van der Waals surface area contributed by atoms with Gasteiger partial charge < -0.3 is 5.32 Å². The van der Waals surface area contributed by atoms with Crippen molar-refractivity contribution >= 4 is 31.9 Å². The Morgan fingerprint density at radius 1 is 1.35 bits per heavy atom. The van der Waals surface area contributed by atoms with Gasteiger partial charge in [-0.15, -0.1) is 0 Å². The molecule has 1 aromatic rings. The van der Waals surface area contributed by atoms with Gasteiger partial charge in [-0.05, 0) is 34.5 Å². The summed E-state index contributed by atoms with van der Waals surface area (Å²) in [5.41, 5.74) is 0.572. The van der Waals surface area contributed by atoms with E-state index < -0.39 is 10.0 Å². The number of nitrogens with one attached hydrogen (secondary N) is 1. The Labute approximate surface area is 128 Å². The summed E-state index contributed by atoms with van der Waals surface area (Å²) in [6.07, 6.45) is 1.77. The molecule has 1 amide bonds. The Balaban J connectivity index is 2.42. The zero-order valence-electron chi connectivity index (χ0n) is 11.6. The van der Waals surface area contributed by atoms with E-state index in [1.165, 1.54) is 10.6 Å². The SMILES string of the molecule is CCN(CCCNC(=O)c1ccccc1Br)S(C)(=O)=O. The van der Waals surface area contributed by atoms with Crippen molar-refractivity contribution < 1.29 is 13.2 Å². The highest BCUT2D eigenvalue weighted by atomic mass is 79.9. The maximum absolute atomic E-state index is 11.9. The van der Waals surface area contributed by atoms with Gasteiger partial charge in [-0.2, -0.15) is 0 Å². The summed E-state index contributed by atoms with van der Waals surface area (Å²) in [5, 5.41) is 2.78. The minimum Gasteiger partial charge on any atom is -0.352 e. The standard InChI is InChI=1S/C13H19BrN2O3S/c1-3-16(20(2,18)19)10-6-9-15-13(17)11-7-4-5-8-12(11)14/h4-5,7-8H,3,6,9-10H2,1-2H3,(H,15,17). The average Bonchev–Trinajstić information content (AvgIpc) is 2.37. The van der Waals surface area contributed by atoms with Crippen LogP contribution in [0.25, 0.3) is 0 Å². The van der Waals surface area contributed by atoms with Crippen LogP contribution in [-0.4, -0.2) is 44.5 Å². The fourth-order valence-electron chi connectivity index (χ4n) is 1.76. The van der Waals surface area contributed by atoms with Crippen LogP contribution < -0.4 is 5.32 Å². The number of benzene rings is 1. The first kappa shape index (κ1) is 17.1. The van der Waals surface area contributed by atoms with Crippen molar-refractivity contribution in [3.63, 3.8) is 0 Å². The van der Waals surface area contributed by atoms with Crippen molar-refractivity contribution in [2.24, 2.45) is 0 Å². The predicted octanol–water partition coefficient (Wildman–Crippen LogP) is 1.85. The van der Waals surface area contributed by atoms with Gasteiger partial charge in [-0.3, -0.25) is 4.79 Å². The van der Waals surface area contributed by atoms with Crippen LogP contribution in [0.1, 0.15) is 23.7 Å². The number of nitrogens with zero attached hydrogens (tertiary/aromatic N) is 1. The molecular weight excluding hydrogens is 344 g/mol. The zero-order valence-corrected chi connectivity index (χ0v) is 14.0. The molecule has 1 N–H and O–H groups in total. The van der Waals surface area contributed by atoms with E-state index in [0.717, 1.165) is 4.47 Å². The molecule has 0 aliphatic carbocycles. The second-order valence-corrected chi connectivity index (χ2v) is 7.18. The number of carbonyl (C=O) groups excluding carboxylic acids is 1. The molecule has 0 radical (unpaired) electrons. The Morgan fingerprint density at radius 3 is 2.55 bits per heavy atom. The number of halogens is 1. The Kier molecular flexibility index (Phi) is 6.64. The van der Waals surface area contributed by atoms with Gasteiger partial charge in [-0.1, -0.05) is 19.1 Å². The van der Waals surface area contributed by atoms with Gasteiger partial charge >= 0.3 is 0 Å². The van der Waals surface area contributed by atoms with Crippen molar-refractivity contribution in [3.8, 4) is 0 Å². The molecule has 5 nitrogen and oxygen atoms in total. The summed E-state index contributed by atoms with van der Waals surface area (Å²) < 4.78 is 24.9. The molecule has 20 heavy (non-hydrogen) atoms. The first-order chi connectivity index (χ1) is 9.36. The molecule has 0 saturated heterocycles. The van der Waals surface area contributed by atoms with E-state index in [9.17, 15) is 13.2 Å². The number of hydrogen-bond acceptors (Lipinski definition) is 3. The van der Waals surface area contributed by atoms with Crippen LogP contribution in [0.2, 0.25) is 0 Å². The first-order valence-electron chi connectivity index (χ1n) is 6.34. The fraction of sp³-hybridized carbons (Fsp3) is 0.462. The molecule has 0 atom stereocenters. The quantitative estimate of drug-likeness (QED) is 0.752. The van der Waals surface area contributed by atoms with Crippen LogP contribution in [0, 0.1) is 0 Å². The highest BCUT2D eigenvalue weighted by Gasteiger charge is 2.14. The number of sulfonamides is 1. The third-order valence-corrected chi connectivity index (χ3v) is 4.88. The largest absolute Gasteiger partial charge is 0.352 e. The van der Waals surface area contributed by atoms with Crippen molar-refractivity contribution in [3.05, 3.63) is 34.3 Å². The third-order valence-electron chi connectivity index (χ3n) is 2.81. The molecular formula is C13H19BrN2O3S. The summed E-state index contributed by atoms with van der Waals surface area (Å²) in [6, 6.07) is 7.17. The molecule has 0 aliphatic heterocycles. The van der Waals surface area contributed by atoms with E-state index in [2.05, 4.69) is 21.2 Å². The summed E-state index contributed by atoms with van der Waals surface area (Å²) >= 11 is 3.32. The van der Waals surface area contributed by atoms with E-state index in [1.54, 1.807) is 25.1 Å². The maximum atomic E-state index is 11.9. The molecule has 0 heterocycles. The lowest BCUT2D eigenvalue weighted by Gasteiger charge is -2.17. The van der Waals surface area contributed by atoms with Gasteiger partial charge in [-0.25, -0.2) is 12.7 Å². The van der Waals surface area contributed by atoms with Gasteiger partial charge in [0.1, 0.15) is 0 Å². The lowest BCUT2D eigenvalue weighted by molar-refractivity contribution is 0.0952. The number of amides is 1. The van der Waals surface area contributed by atoms with Crippen LogP contribution in [0.4, 0.5) is 0 Å². The van der Waals surface area contributed by atoms with Crippen molar-refractivity contribution in [1.29, 1.82) is 0 Å². The van der Waals surface area contributed by atoms with E-state index in [0.29, 0.717) is 31.6 Å². The minimum atomic E-state index is -3.16. The van der Waals surface area contributed by atoms with Crippen LogP contribution in [0.3, 0.4) is 0 Å². The van der Waals surface area contributed by atoms with E-state index in [1.807, 2.05) is 6.07 Å². The Hall–Kier alpha value is -0.920. The van der Waals surface area contributed by atoms with Gasteiger partial charge in [0.25, 0.3) is 5.91 Å². The number of rotatable bonds is 7. The summed E-state index contributed by atoms with van der Waals surface area (Å²) in [4.78, 5) is 11.9. The average molecular weight is 363 g/mol. The van der Waals surface area contributed by atoms with Crippen LogP contribution in [-0.2, 0) is 10.0 Å². The highest BCUT2D eigenvalue weighted by molar-refractivity contribution is 9.10. The van der Waals surface area contributed by atoms with Crippen LogP contribution >= 0.6 is 15.9 Å². The van der Waals surface area contributed by atoms with E-state index >= 15 is 0 Å². The van der Waals surface area contributed by atoms with Crippen LogP contribution in [0.5, 0.6) is 0 Å². The van der Waals surface area contributed by atoms with Gasteiger partial charge in [0.15, 0.2) is 0 Å². The van der Waals surface area contributed by atoms with Crippen molar-refractivity contribution in [1.82, 2.24) is 9.62 Å². The molecule has 1 aromatic carbocycles. The molecule has 0 bridgehead atoms. The summed E-state index contributed by atoms with van der Waals surface area (Å²) in [6.45, 7) is 3.08. The lowest BCUT2D eigenvalue weighted by atomic mass is 10.2. The van der Waals surface area contributed by atoms with Gasteiger partial charge in [0.2, 0.25) is 10.0 Å². The smallest absolute Gasteiger partial charge is 0.252 e. The Morgan fingerprint density at radius 2 is 2.00 bits per heavy atom. The molecule has 0 fully saturated rings. The summed E-state index contributed by atoms with van der Waals surface area (Å²) in [5.74, 6) is -0.167. The molecule has 0 saturated carbocycles. The minimum absolute atomic E-state index is 0.167.